The zero-order valence-corrected chi connectivity index (χ0v) is 10.4. The average molecular weight is 258 g/mol. The van der Waals surface area contributed by atoms with Gasteiger partial charge in [0.1, 0.15) is 0 Å². The van der Waals surface area contributed by atoms with E-state index < -0.39 is 17.7 Å². The third-order valence-electron chi connectivity index (χ3n) is 2.38. The van der Waals surface area contributed by atoms with Crippen LogP contribution >= 0.6 is 0 Å². The van der Waals surface area contributed by atoms with Gasteiger partial charge in [0.05, 0.1) is 5.69 Å². The Balaban J connectivity index is 2.56. The molecule has 2 amide bonds. The fourth-order valence-electron chi connectivity index (χ4n) is 1.36. The summed E-state index contributed by atoms with van der Waals surface area (Å²) in [5.74, 6) is -2.05. The fourth-order valence-corrected chi connectivity index (χ4v) is 1.36. The number of rotatable bonds is 5. The molecule has 0 aliphatic carbocycles. The number of carbonyl (C=O) groups excluding carboxylic acids is 1. The van der Waals surface area contributed by atoms with Gasteiger partial charge < -0.3 is 15.0 Å². The highest BCUT2D eigenvalue weighted by Gasteiger charge is 2.13. The lowest BCUT2D eigenvalue weighted by atomic mass is 10.3. The third kappa shape index (κ3) is 3.96. The maximum absolute atomic E-state index is 13.3. The molecule has 0 heterocycles. The number of anilines is 1. The van der Waals surface area contributed by atoms with Gasteiger partial charge >= 0.3 is 6.03 Å². The van der Waals surface area contributed by atoms with E-state index in [1.807, 2.05) is 0 Å². The molecule has 1 aromatic carbocycles. The van der Waals surface area contributed by atoms with Crippen molar-refractivity contribution < 1.29 is 18.3 Å². The molecular weight excluding hydrogens is 242 g/mol. The molecule has 0 spiro atoms. The molecule has 18 heavy (non-hydrogen) atoms. The summed E-state index contributed by atoms with van der Waals surface area (Å²) in [5, 5.41) is 2.31. The van der Waals surface area contributed by atoms with Gasteiger partial charge in [0.2, 0.25) is 0 Å². The van der Waals surface area contributed by atoms with Gasteiger partial charge in [-0.2, -0.15) is 0 Å². The van der Waals surface area contributed by atoms with Crippen LogP contribution in [0.25, 0.3) is 0 Å². The van der Waals surface area contributed by atoms with Crippen molar-refractivity contribution in [1.82, 2.24) is 4.90 Å². The average Bonchev–Trinajstić information content (AvgIpc) is 2.35. The summed E-state index contributed by atoms with van der Waals surface area (Å²) < 4.78 is 31.1. The fraction of sp³-hybridized carbons (Fsp3) is 0.417. The molecule has 0 aromatic heterocycles. The number of nitrogens with one attached hydrogen (secondary N) is 1. The molecule has 0 fully saturated rings. The number of amides is 2. The lowest BCUT2D eigenvalue weighted by Gasteiger charge is -2.18. The monoisotopic (exact) mass is 258 g/mol. The second kappa shape index (κ2) is 6.90. The van der Waals surface area contributed by atoms with Gasteiger partial charge in [-0.25, -0.2) is 13.6 Å². The first-order valence-electron chi connectivity index (χ1n) is 5.51. The van der Waals surface area contributed by atoms with Crippen LogP contribution in [0, 0.1) is 11.6 Å². The second-order valence-electron chi connectivity index (χ2n) is 3.80. The number of hydrogen-bond donors (Lipinski definition) is 1. The number of halogens is 2. The third-order valence-corrected chi connectivity index (χ3v) is 2.38. The molecule has 0 unspecified atom stereocenters. The molecule has 0 saturated heterocycles. The van der Waals surface area contributed by atoms with E-state index in [9.17, 15) is 13.6 Å². The Labute approximate surface area is 105 Å². The van der Waals surface area contributed by atoms with Crippen molar-refractivity contribution in [2.24, 2.45) is 0 Å². The Kier molecular flexibility index (Phi) is 5.51. The van der Waals surface area contributed by atoms with Crippen LogP contribution in [0.3, 0.4) is 0 Å². The van der Waals surface area contributed by atoms with E-state index in [4.69, 9.17) is 4.74 Å². The van der Waals surface area contributed by atoms with Gasteiger partial charge in [0.15, 0.2) is 11.6 Å². The first-order valence-corrected chi connectivity index (χ1v) is 5.51. The van der Waals surface area contributed by atoms with E-state index in [1.54, 1.807) is 14.2 Å². The molecule has 1 rings (SSSR count). The zero-order chi connectivity index (χ0) is 13.5. The quantitative estimate of drug-likeness (QED) is 0.824. The van der Waals surface area contributed by atoms with Gasteiger partial charge in [-0.05, 0) is 18.6 Å². The Morgan fingerprint density at radius 3 is 2.83 bits per heavy atom. The van der Waals surface area contributed by atoms with E-state index in [0.717, 1.165) is 6.07 Å². The summed E-state index contributed by atoms with van der Waals surface area (Å²) in [6.07, 6.45) is 0.673. The Bertz CT molecular complexity index is 413. The Morgan fingerprint density at radius 2 is 2.17 bits per heavy atom. The predicted octanol–water partition coefficient (Wildman–Crippen LogP) is 2.47. The normalized spacial score (nSPS) is 10.2. The van der Waals surface area contributed by atoms with Crippen molar-refractivity contribution in [2.75, 3.05) is 32.6 Å². The first kappa shape index (κ1) is 14.4. The highest BCUT2D eigenvalue weighted by molar-refractivity contribution is 5.89. The van der Waals surface area contributed by atoms with E-state index in [1.165, 1.54) is 17.0 Å². The SMILES string of the molecule is COCCCN(C)C(=O)Nc1cccc(F)c1F. The summed E-state index contributed by atoms with van der Waals surface area (Å²) >= 11 is 0. The van der Waals surface area contributed by atoms with Crippen molar-refractivity contribution >= 4 is 11.7 Å². The number of carbonyl (C=O) groups is 1. The van der Waals surface area contributed by atoms with E-state index in [2.05, 4.69) is 5.32 Å². The minimum atomic E-state index is -1.06. The molecule has 0 atom stereocenters. The van der Waals surface area contributed by atoms with E-state index in [-0.39, 0.29) is 5.69 Å². The molecule has 6 heteroatoms. The van der Waals surface area contributed by atoms with Gasteiger partial charge in [-0.3, -0.25) is 0 Å². The van der Waals surface area contributed by atoms with Crippen LogP contribution in [0.15, 0.2) is 18.2 Å². The Morgan fingerprint density at radius 1 is 1.44 bits per heavy atom. The smallest absolute Gasteiger partial charge is 0.321 e. The lowest BCUT2D eigenvalue weighted by Crippen LogP contribution is -2.32. The summed E-state index contributed by atoms with van der Waals surface area (Å²) in [4.78, 5) is 13.0. The molecule has 0 aliphatic heterocycles. The molecule has 0 saturated carbocycles. The highest BCUT2D eigenvalue weighted by Crippen LogP contribution is 2.16. The van der Waals surface area contributed by atoms with E-state index >= 15 is 0 Å². The van der Waals surface area contributed by atoms with Gasteiger partial charge in [0, 0.05) is 27.3 Å². The number of hydrogen-bond acceptors (Lipinski definition) is 2. The zero-order valence-electron chi connectivity index (χ0n) is 10.4. The largest absolute Gasteiger partial charge is 0.385 e. The predicted molar refractivity (Wildman–Crippen MR) is 64.5 cm³/mol. The Hall–Kier alpha value is -1.69. The standard InChI is InChI=1S/C12H16F2N2O2/c1-16(7-4-8-18-2)12(17)15-10-6-3-5-9(13)11(10)14/h3,5-6H,4,7-8H2,1-2H3,(H,15,17). The summed E-state index contributed by atoms with van der Waals surface area (Å²) in [7, 11) is 3.14. The molecule has 1 N–H and O–H groups in total. The second-order valence-corrected chi connectivity index (χ2v) is 3.80. The molecule has 0 aliphatic rings. The number of urea groups is 1. The molecule has 1 aromatic rings. The van der Waals surface area contributed by atoms with Crippen molar-refractivity contribution in [3.8, 4) is 0 Å². The minimum absolute atomic E-state index is 0.168. The van der Waals surface area contributed by atoms with Crippen molar-refractivity contribution in [1.29, 1.82) is 0 Å². The van der Waals surface area contributed by atoms with Crippen LogP contribution in [0.1, 0.15) is 6.42 Å². The number of nitrogens with zero attached hydrogens (tertiary/aromatic N) is 1. The van der Waals surface area contributed by atoms with Crippen molar-refractivity contribution in [3.05, 3.63) is 29.8 Å². The van der Waals surface area contributed by atoms with Crippen molar-refractivity contribution in [2.45, 2.75) is 6.42 Å². The van der Waals surface area contributed by atoms with Crippen LogP contribution < -0.4 is 5.32 Å². The van der Waals surface area contributed by atoms with Gasteiger partial charge in [0.25, 0.3) is 0 Å². The molecule has 4 nitrogen and oxygen atoms in total. The topological polar surface area (TPSA) is 41.6 Å². The molecule has 0 bridgehead atoms. The van der Waals surface area contributed by atoms with Gasteiger partial charge in [-0.15, -0.1) is 0 Å². The maximum Gasteiger partial charge on any atom is 0.321 e. The van der Waals surface area contributed by atoms with Crippen molar-refractivity contribution in [3.63, 3.8) is 0 Å². The number of methoxy groups -OCH3 is 1. The maximum atomic E-state index is 13.3. The van der Waals surface area contributed by atoms with Crippen LogP contribution in [0.4, 0.5) is 19.3 Å². The summed E-state index contributed by atoms with van der Waals surface area (Å²) in [6, 6.07) is 3.14. The highest BCUT2D eigenvalue weighted by atomic mass is 19.2. The first-order chi connectivity index (χ1) is 8.56. The lowest BCUT2D eigenvalue weighted by molar-refractivity contribution is 0.179. The molecule has 100 valence electrons. The van der Waals surface area contributed by atoms with Crippen LogP contribution in [-0.2, 0) is 4.74 Å². The van der Waals surface area contributed by atoms with Crippen LogP contribution in [0.2, 0.25) is 0 Å². The molecule has 0 radical (unpaired) electrons. The van der Waals surface area contributed by atoms with Gasteiger partial charge in [-0.1, -0.05) is 6.07 Å². The van der Waals surface area contributed by atoms with E-state index in [0.29, 0.717) is 19.6 Å². The number of benzene rings is 1. The van der Waals surface area contributed by atoms with Crippen LogP contribution in [0.5, 0.6) is 0 Å². The summed E-state index contributed by atoms with van der Waals surface area (Å²) in [5.41, 5.74) is -0.168. The summed E-state index contributed by atoms with van der Waals surface area (Å²) in [6.45, 7) is 1.00. The number of ether oxygens (including phenoxy) is 1. The molecular formula is C12H16F2N2O2. The van der Waals surface area contributed by atoms with Crippen LogP contribution in [-0.4, -0.2) is 38.2 Å². The minimum Gasteiger partial charge on any atom is -0.385 e.